The minimum Gasteiger partial charge on any atom is -0.478 e. The number of pyridine rings is 1. The molecule has 0 amide bonds. The molecule has 2 aromatic carbocycles. The van der Waals surface area contributed by atoms with E-state index in [1.165, 1.54) is 13.0 Å². The van der Waals surface area contributed by atoms with E-state index in [1.807, 2.05) is 0 Å². The van der Waals surface area contributed by atoms with Crippen molar-refractivity contribution in [2.24, 2.45) is 0 Å². The van der Waals surface area contributed by atoms with Crippen LogP contribution in [0.1, 0.15) is 26.4 Å². The fraction of sp³-hybridized carbons (Fsp3) is 0.0625. The second-order valence-electron chi connectivity index (χ2n) is 4.87. The second-order valence-corrected chi connectivity index (χ2v) is 5.28. The maximum Gasteiger partial charge on any atom is 0.354 e. The van der Waals surface area contributed by atoms with Crippen LogP contribution < -0.4 is 0 Å². The van der Waals surface area contributed by atoms with Crippen molar-refractivity contribution in [1.29, 1.82) is 0 Å². The van der Waals surface area contributed by atoms with E-state index >= 15 is 0 Å². The fourth-order valence-electron chi connectivity index (χ4n) is 2.63. The monoisotopic (exact) mass is 315 g/mol. The van der Waals surface area contributed by atoms with Gasteiger partial charge in [-0.05, 0) is 18.6 Å². The molecule has 1 aromatic heterocycles. The van der Waals surface area contributed by atoms with Crippen LogP contribution in [0.4, 0.5) is 0 Å². The van der Waals surface area contributed by atoms with Gasteiger partial charge in [0.25, 0.3) is 0 Å². The molecule has 3 rings (SSSR count). The van der Waals surface area contributed by atoms with Gasteiger partial charge in [0, 0.05) is 21.2 Å². The van der Waals surface area contributed by atoms with Gasteiger partial charge in [0.05, 0.1) is 11.1 Å². The Hall–Kier alpha value is -2.66. The van der Waals surface area contributed by atoms with E-state index < -0.39 is 11.9 Å². The quantitative estimate of drug-likeness (QED) is 0.703. The van der Waals surface area contributed by atoms with Crippen molar-refractivity contribution in [3.8, 4) is 0 Å². The summed E-state index contributed by atoms with van der Waals surface area (Å²) in [5.74, 6) is -2.47. The largest absolute Gasteiger partial charge is 0.478 e. The maximum atomic E-state index is 11.6. The number of hydrogen-bond donors (Lipinski definition) is 2. The van der Waals surface area contributed by atoms with Gasteiger partial charge in [0.15, 0.2) is 5.69 Å². The number of carbonyl (C=O) groups is 2. The predicted molar refractivity (Wildman–Crippen MR) is 82.9 cm³/mol. The van der Waals surface area contributed by atoms with Crippen molar-refractivity contribution in [2.45, 2.75) is 6.92 Å². The number of benzene rings is 2. The Morgan fingerprint density at radius 3 is 2.27 bits per heavy atom. The van der Waals surface area contributed by atoms with Gasteiger partial charge in [-0.15, -0.1) is 0 Å². The van der Waals surface area contributed by atoms with E-state index in [0.717, 1.165) is 0 Å². The Labute approximate surface area is 129 Å². The van der Waals surface area contributed by atoms with Crippen molar-refractivity contribution in [3.63, 3.8) is 0 Å². The third kappa shape index (κ3) is 1.98. The average molecular weight is 316 g/mol. The Morgan fingerprint density at radius 1 is 1.05 bits per heavy atom. The average Bonchev–Trinajstić information content (AvgIpc) is 2.46. The van der Waals surface area contributed by atoms with E-state index in [-0.39, 0.29) is 16.8 Å². The van der Waals surface area contributed by atoms with E-state index in [9.17, 15) is 19.8 Å². The normalized spacial score (nSPS) is 11.0. The standard InChI is InChI=1S/C16H10ClNO4/c1-7-12(15(19)20)10-6-11(17)8-4-2-3-5-9(8)14(10)18-13(7)16(21)22/h2-6H,1H3,(H,19,20)(H,21,22). The van der Waals surface area contributed by atoms with Gasteiger partial charge in [0.2, 0.25) is 0 Å². The van der Waals surface area contributed by atoms with Crippen LogP contribution in [0.25, 0.3) is 21.7 Å². The summed E-state index contributed by atoms with van der Waals surface area (Å²) in [5, 5.41) is 20.8. The van der Waals surface area contributed by atoms with Gasteiger partial charge in [-0.1, -0.05) is 35.9 Å². The highest BCUT2D eigenvalue weighted by atomic mass is 35.5. The van der Waals surface area contributed by atoms with Crippen molar-refractivity contribution in [1.82, 2.24) is 4.98 Å². The topological polar surface area (TPSA) is 87.5 Å². The molecular formula is C16H10ClNO4. The molecule has 22 heavy (non-hydrogen) atoms. The van der Waals surface area contributed by atoms with Gasteiger partial charge in [-0.25, -0.2) is 14.6 Å². The lowest BCUT2D eigenvalue weighted by Crippen LogP contribution is -2.11. The molecule has 0 saturated carbocycles. The summed E-state index contributed by atoms with van der Waals surface area (Å²) < 4.78 is 0. The highest BCUT2D eigenvalue weighted by Crippen LogP contribution is 2.34. The molecule has 0 unspecified atom stereocenters. The fourth-order valence-corrected chi connectivity index (χ4v) is 2.90. The number of hydrogen-bond acceptors (Lipinski definition) is 3. The molecule has 0 spiro atoms. The molecule has 6 heteroatoms. The first-order chi connectivity index (χ1) is 10.4. The van der Waals surface area contributed by atoms with Crippen LogP contribution in [0.15, 0.2) is 30.3 Å². The SMILES string of the molecule is Cc1c(C(=O)O)nc2c(cc(Cl)c3ccccc32)c1C(=O)O. The summed E-state index contributed by atoms with van der Waals surface area (Å²) in [7, 11) is 0. The summed E-state index contributed by atoms with van der Waals surface area (Å²) in [5.41, 5.74) is 0.0756. The van der Waals surface area contributed by atoms with Crippen LogP contribution >= 0.6 is 11.6 Å². The highest BCUT2D eigenvalue weighted by Gasteiger charge is 2.22. The first kappa shape index (κ1) is 14.3. The zero-order valence-corrected chi connectivity index (χ0v) is 12.2. The van der Waals surface area contributed by atoms with Crippen molar-refractivity contribution < 1.29 is 19.8 Å². The summed E-state index contributed by atoms with van der Waals surface area (Å²) >= 11 is 6.23. The summed E-state index contributed by atoms with van der Waals surface area (Å²) in [6, 6.07) is 8.60. The van der Waals surface area contributed by atoms with Gasteiger partial charge >= 0.3 is 11.9 Å². The molecule has 0 aliphatic rings. The Morgan fingerprint density at radius 2 is 1.68 bits per heavy atom. The van der Waals surface area contributed by atoms with Gasteiger partial charge in [0.1, 0.15) is 0 Å². The number of aromatic carboxylic acids is 2. The number of nitrogens with zero attached hydrogens (tertiary/aromatic N) is 1. The molecule has 0 saturated heterocycles. The zero-order valence-electron chi connectivity index (χ0n) is 11.4. The van der Waals surface area contributed by atoms with E-state index in [2.05, 4.69) is 4.98 Å². The Bertz CT molecular complexity index is 965. The highest BCUT2D eigenvalue weighted by molar-refractivity contribution is 6.37. The minimum atomic E-state index is -1.26. The van der Waals surface area contributed by atoms with E-state index in [0.29, 0.717) is 26.7 Å². The van der Waals surface area contributed by atoms with Gasteiger partial charge in [-0.3, -0.25) is 0 Å². The van der Waals surface area contributed by atoms with Crippen molar-refractivity contribution >= 4 is 45.2 Å². The molecule has 0 aliphatic carbocycles. The number of carboxylic acids is 2. The first-order valence-electron chi connectivity index (χ1n) is 6.40. The minimum absolute atomic E-state index is 0.0879. The molecule has 0 bridgehead atoms. The van der Waals surface area contributed by atoms with Crippen LogP contribution in [0.5, 0.6) is 0 Å². The van der Waals surface area contributed by atoms with E-state index in [1.54, 1.807) is 24.3 Å². The third-order valence-corrected chi connectivity index (χ3v) is 3.92. The number of aromatic nitrogens is 1. The second kappa shape index (κ2) is 4.96. The third-order valence-electron chi connectivity index (χ3n) is 3.61. The molecule has 0 atom stereocenters. The van der Waals surface area contributed by atoms with Crippen molar-refractivity contribution in [3.05, 3.63) is 52.2 Å². The molecule has 5 nitrogen and oxygen atoms in total. The van der Waals surface area contributed by atoms with Crippen LogP contribution in [-0.2, 0) is 0 Å². The van der Waals surface area contributed by atoms with Gasteiger partial charge < -0.3 is 10.2 Å². The molecule has 3 aromatic rings. The Kier molecular flexibility index (Phi) is 3.22. The molecule has 0 fully saturated rings. The van der Waals surface area contributed by atoms with Gasteiger partial charge in [-0.2, -0.15) is 0 Å². The van der Waals surface area contributed by atoms with Crippen LogP contribution in [0, 0.1) is 6.92 Å². The zero-order chi connectivity index (χ0) is 16.0. The molecule has 0 aliphatic heterocycles. The lowest BCUT2D eigenvalue weighted by molar-refractivity contribution is 0.0690. The van der Waals surface area contributed by atoms with Crippen molar-refractivity contribution in [2.75, 3.05) is 0 Å². The number of halogens is 1. The molecule has 0 radical (unpaired) electrons. The molecule has 2 N–H and O–H groups in total. The molecular weight excluding hydrogens is 306 g/mol. The van der Waals surface area contributed by atoms with Crippen LogP contribution in [0.2, 0.25) is 5.02 Å². The predicted octanol–water partition coefficient (Wildman–Crippen LogP) is 3.75. The number of carboxylic acid groups (broad SMARTS) is 2. The van der Waals surface area contributed by atoms with Crippen LogP contribution in [-0.4, -0.2) is 27.1 Å². The molecule has 1 heterocycles. The maximum absolute atomic E-state index is 11.6. The number of rotatable bonds is 2. The summed E-state index contributed by atoms with van der Waals surface area (Å²) in [4.78, 5) is 27.1. The smallest absolute Gasteiger partial charge is 0.354 e. The summed E-state index contributed by atoms with van der Waals surface area (Å²) in [6.07, 6.45) is 0. The van der Waals surface area contributed by atoms with Crippen LogP contribution in [0.3, 0.4) is 0 Å². The van der Waals surface area contributed by atoms with E-state index in [4.69, 9.17) is 11.6 Å². The Balaban J connectivity index is 2.64. The first-order valence-corrected chi connectivity index (χ1v) is 6.77. The number of fused-ring (bicyclic) bond motifs is 3. The lowest BCUT2D eigenvalue weighted by atomic mass is 9.98. The molecule has 110 valence electrons. The summed E-state index contributed by atoms with van der Waals surface area (Å²) in [6.45, 7) is 1.43. The lowest BCUT2D eigenvalue weighted by Gasteiger charge is -2.12.